The smallest absolute Gasteiger partial charge is 0.0366 e. The Kier molecular flexibility index (Phi) is 4.19. The second-order valence-corrected chi connectivity index (χ2v) is 7.04. The Morgan fingerprint density at radius 2 is 1.95 bits per heavy atom. The summed E-state index contributed by atoms with van der Waals surface area (Å²) in [5.74, 6) is 0.938. The third kappa shape index (κ3) is 4.54. The predicted octanol–water partition coefficient (Wildman–Crippen LogP) is 3.73. The summed E-state index contributed by atoms with van der Waals surface area (Å²) < 4.78 is 0. The predicted molar refractivity (Wildman–Crippen MR) is 83.8 cm³/mol. The quantitative estimate of drug-likeness (QED) is 0.868. The lowest BCUT2D eigenvalue weighted by molar-refractivity contribution is 0.424. The summed E-state index contributed by atoms with van der Waals surface area (Å²) >= 11 is 0. The molecule has 1 saturated carbocycles. The topological polar surface area (TPSA) is 15.3 Å². The normalized spacial score (nSPS) is 15.6. The monoisotopic (exact) mass is 260 g/mol. The van der Waals surface area contributed by atoms with Crippen molar-refractivity contribution in [2.24, 2.45) is 5.92 Å². The molecule has 1 aromatic carbocycles. The molecule has 1 aliphatic rings. The maximum absolute atomic E-state index is 3.56. The first-order valence-electron chi connectivity index (χ1n) is 7.41. The van der Waals surface area contributed by atoms with Gasteiger partial charge in [-0.3, -0.25) is 0 Å². The van der Waals surface area contributed by atoms with E-state index in [1.165, 1.54) is 36.2 Å². The fourth-order valence-electron chi connectivity index (χ4n) is 2.27. The summed E-state index contributed by atoms with van der Waals surface area (Å²) in [6, 6.07) is 6.85. The van der Waals surface area contributed by atoms with Crippen LogP contribution in [0.15, 0.2) is 18.2 Å². The zero-order valence-corrected chi connectivity index (χ0v) is 13.1. The number of nitrogens with one attached hydrogen (secondary N) is 1. The largest absolute Gasteiger partial charge is 0.374 e. The average molecular weight is 260 g/mol. The van der Waals surface area contributed by atoms with Crippen LogP contribution in [0.2, 0.25) is 0 Å². The molecular formula is C17H28N2. The second kappa shape index (κ2) is 5.54. The van der Waals surface area contributed by atoms with E-state index in [4.69, 9.17) is 0 Å². The van der Waals surface area contributed by atoms with Gasteiger partial charge in [-0.25, -0.2) is 0 Å². The minimum atomic E-state index is 0.174. The molecule has 0 radical (unpaired) electrons. The van der Waals surface area contributed by atoms with Gasteiger partial charge in [0.2, 0.25) is 0 Å². The van der Waals surface area contributed by atoms with E-state index in [0.29, 0.717) is 0 Å². The minimum absolute atomic E-state index is 0.174. The molecule has 1 aliphatic carbocycles. The molecule has 1 fully saturated rings. The molecule has 2 rings (SSSR count). The summed E-state index contributed by atoms with van der Waals surface area (Å²) in [6.45, 7) is 11.0. The van der Waals surface area contributed by atoms with Crippen molar-refractivity contribution >= 4 is 5.69 Å². The molecular weight excluding hydrogens is 232 g/mol. The van der Waals surface area contributed by atoms with E-state index in [0.717, 1.165) is 12.5 Å². The molecule has 106 valence electrons. The van der Waals surface area contributed by atoms with Crippen molar-refractivity contribution in [3.05, 3.63) is 29.3 Å². The van der Waals surface area contributed by atoms with Crippen LogP contribution >= 0.6 is 0 Å². The molecule has 1 aromatic rings. The number of hydrogen-bond donors (Lipinski definition) is 1. The van der Waals surface area contributed by atoms with Crippen LogP contribution in [0.4, 0.5) is 5.69 Å². The van der Waals surface area contributed by atoms with E-state index in [9.17, 15) is 0 Å². The highest BCUT2D eigenvalue weighted by molar-refractivity contribution is 5.50. The van der Waals surface area contributed by atoms with Gasteiger partial charge >= 0.3 is 0 Å². The van der Waals surface area contributed by atoms with Crippen LogP contribution in [-0.2, 0) is 6.54 Å². The number of rotatable bonds is 5. The molecule has 0 unspecified atom stereocenters. The van der Waals surface area contributed by atoms with Crippen molar-refractivity contribution in [2.45, 2.75) is 52.6 Å². The number of aryl methyl sites for hydroxylation is 1. The SMILES string of the molecule is Cc1cc(N(C)CC2CC2)ccc1CNC(C)(C)C. The Balaban J connectivity index is 1.99. The summed E-state index contributed by atoms with van der Waals surface area (Å²) in [4.78, 5) is 2.39. The van der Waals surface area contributed by atoms with E-state index >= 15 is 0 Å². The van der Waals surface area contributed by atoms with Crippen LogP contribution in [0.25, 0.3) is 0 Å². The molecule has 1 N–H and O–H groups in total. The van der Waals surface area contributed by atoms with Gasteiger partial charge in [0.15, 0.2) is 0 Å². The van der Waals surface area contributed by atoms with Crippen LogP contribution in [-0.4, -0.2) is 19.1 Å². The minimum Gasteiger partial charge on any atom is -0.374 e. The average Bonchev–Trinajstić information content (AvgIpc) is 3.10. The molecule has 0 atom stereocenters. The third-order valence-electron chi connectivity index (χ3n) is 3.81. The Morgan fingerprint density at radius 1 is 1.26 bits per heavy atom. The molecule has 0 saturated heterocycles. The van der Waals surface area contributed by atoms with Gasteiger partial charge < -0.3 is 10.2 Å². The van der Waals surface area contributed by atoms with Crippen molar-refractivity contribution in [3.8, 4) is 0 Å². The van der Waals surface area contributed by atoms with Crippen LogP contribution in [0.1, 0.15) is 44.7 Å². The van der Waals surface area contributed by atoms with Crippen molar-refractivity contribution < 1.29 is 0 Å². The van der Waals surface area contributed by atoms with Crippen LogP contribution < -0.4 is 10.2 Å². The van der Waals surface area contributed by atoms with Crippen LogP contribution in [0.3, 0.4) is 0 Å². The first-order chi connectivity index (χ1) is 8.85. The zero-order chi connectivity index (χ0) is 14.0. The Morgan fingerprint density at radius 3 is 2.47 bits per heavy atom. The molecule has 0 aromatic heterocycles. The van der Waals surface area contributed by atoms with Crippen molar-refractivity contribution in [2.75, 3.05) is 18.5 Å². The first-order valence-corrected chi connectivity index (χ1v) is 7.41. The highest BCUT2D eigenvalue weighted by atomic mass is 15.1. The number of anilines is 1. The van der Waals surface area contributed by atoms with Gasteiger partial charge in [0, 0.05) is 31.4 Å². The van der Waals surface area contributed by atoms with Gasteiger partial charge in [-0.05, 0) is 69.7 Å². The maximum Gasteiger partial charge on any atom is 0.0366 e. The van der Waals surface area contributed by atoms with Crippen molar-refractivity contribution in [3.63, 3.8) is 0 Å². The van der Waals surface area contributed by atoms with E-state index in [-0.39, 0.29) is 5.54 Å². The summed E-state index contributed by atoms with van der Waals surface area (Å²) in [6.07, 6.45) is 2.83. The van der Waals surface area contributed by atoms with Crippen LogP contribution in [0.5, 0.6) is 0 Å². The molecule has 0 aliphatic heterocycles. The summed E-state index contributed by atoms with van der Waals surface area (Å²) in [7, 11) is 2.21. The third-order valence-corrected chi connectivity index (χ3v) is 3.81. The zero-order valence-electron chi connectivity index (χ0n) is 13.1. The highest BCUT2D eigenvalue weighted by Gasteiger charge is 2.23. The van der Waals surface area contributed by atoms with E-state index in [1.807, 2.05) is 0 Å². The van der Waals surface area contributed by atoms with E-state index < -0.39 is 0 Å². The Labute approximate surface area is 118 Å². The van der Waals surface area contributed by atoms with Gasteiger partial charge in [0.25, 0.3) is 0 Å². The molecule has 2 nitrogen and oxygen atoms in total. The number of hydrogen-bond acceptors (Lipinski definition) is 2. The first kappa shape index (κ1) is 14.4. The summed E-state index contributed by atoms with van der Waals surface area (Å²) in [5, 5.41) is 3.56. The lowest BCUT2D eigenvalue weighted by atomic mass is 10.0. The number of nitrogens with zero attached hydrogens (tertiary/aromatic N) is 1. The maximum atomic E-state index is 3.56. The fourth-order valence-corrected chi connectivity index (χ4v) is 2.27. The van der Waals surface area contributed by atoms with Crippen LogP contribution in [0, 0.1) is 12.8 Å². The second-order valence-electron chi connectivity index (χ2n) is 7.04. The lowest BCUT2D eigenvalue weighted by Crippen LogP contribution is -2.35. The van der Waals surface area contributed by atoms with Gasteiger partial charge in [0.05, 0.1) is 0 Å². The molecule has 0 bridgehead atoms. The van der Waals surface area contributed by atoms with Crippen molar-refractivity contribution in [1.82, 2.24) is 5.32 Å². The highest BCUT2D eigenvalue weighted by Crippen LogP contribution is 2.31. The Hall–Kier alpha value is -1.02. The summed E-state index contributed by atoms with van der Waals surface area (Å²) in [5.41, 5.74) is 4.31. The van der Waals surface area contributed by atoms with E-state index in [1.54, 1.807) is 0 Å². The van der Waals surface area contributed by atoms with Gasteiger partial charge in [-0.15, -0.1) is 0 Å². The number of benzene rings is 1. The molecule has 2 heteroatoms. The van der Waals surface area contributed by atoms with E-state index in [2.05, 4.69) is 63.2 Å². The van der Waals surface area contributed by atoms with Gasteiger partial charge in [0.1, 0.15) is 0 Å². The molecule has 0 heterocycles. The molecule has 0 spiro atoms. The molecule has 19 heavy (non-hydrogen) atoms. The molecule has 0 amide bonds. The van der Waals surface area contributed by atoms with Crippen molar-refractivity contribution in [1.29, 1.82) is 0 Å². The Bertz CT molecular complexity index is 427. The lowest BCUT2D eigenvalue weighted by Gasteiger charge is -2.23. The van der Waals surface area contributed by atoms with Gasteiger partial charge in [-0.2, -0.15) is 0 Å². The standard InChI is InChI=1S/C17H28N2/c1-13-10-16(19(5)12-14-6-7-14)9-8-15(13)11-18-17(2,3)4/h8-10,14,18H,6-7,11-12H2,1-5H3. The fraction of sp³-hybridized carbons (Fsp3) is 0.647. The van der Waals surface area contributed by atoms with Gasteiger partial charge in [-0.1, -0.05) is 6.07 Å².